The minimum absolute atomic E-state index is 0.0162. The van der Waals surface area contributed by atoms with Gasteiger partial charge in [-0.2, -0.15) is 0 Å². The third-order valence-corrected chi connectivity index (χ3v) is 15.0. The van der Waals surface area contributed by atoms with Crippen LogP contribution in [-0.2, 0) is 28.6 Å². The summed E-state index contributed by atoms with van der Waals surface area (Å²) in [6.45, 7) is 9.25. The third kappa shape index (κ3) is 10.7. The van der Waals surface area contributed by atoms with E-state index < -0.39 is 47.2 Å². The fourth-order valence-electron chi connectivity index (χ4n) is 12.0. The number of nitrogens with two attached hydrogens (primary N) is 2. The Balaban J connectivity index is 0.982. The summed E-state index contributed by atoms with van der Waals surface area (Å²) in [6.07, 6.45) is 11.7. The molecule has 5 rings (SSSR count). The van der Waals surface area contributed by atoms with E-state index in [0.717, 1.165) is 51.4 Å². The molecule has 0 radical (unpaired) electrons. The maximum absolute atomic E-state index is 13.1. The molecule has 4 aliphatic carbocycles. The number of ether oxygens (including phenoxy) is 4. The van der Waals surface area contributed by atoms with Gasteiger partial charge in [0, 0.05) is 6.54 Å². The van der Waals surface area contributed by atoms with Crippen LogP contribution in [0.4, 0.5) is 5.69 Å². The SMILES string of the molecule is CCCCCCC(C)(O)C1CCC2C3CC(O)C4CC(OC(=O)C(N)CC(=O)NCCOCCOCC(=O)Nc5ccc(OC)c(C(N)=O)c5O)CCC4(C)C3CCC21C. The van der Waals surface area contributed by atoms with E-state index in [4.69, 9.17) is 30.4 Å². The summed E-state index contributed by atoms with van der Waals surface area (Å²) < 4.78 is 21.7. The number of anilines is 1. The molecule has 60 heavy (non-hydrogen) atoms. The van der Waals surface area contributed by atoms with Gasteiger partial charge in [0.2, 0.25) is 11.8 Å². The Labute approximate surface area is 355 Å². The lowest BCUT2D eigenvalue weighted by Gasteiger charge is -2.62. The molecule has 4 aliphatic rings. The number of esters is 1. The Hall–Kier alpha value is -3.50. The number of hydrogen-bond acceptors (Lipinski definition) is 12. The van der Waals surface area contributed by atoms with E-state index in [-0.39, 0.29) is 85.2 Å². The number of aliphatic hydroxyl groups excluding tert-OH is 1. The predicted octanol–water partition coefficient (Wildman–Crippen LogP) is 4.57. The van der Waals surface area contributed by atoms with Gasteiger partial charge in [-0.1, -0.05) is 46.5 Å². The number of carbonyl (C=O) groups excluding carboxylic acids is 4. The van der Waals surface area contributed by atoms with E-state index in [1.807, 2.05) is 0 Å². The van der Waals surface area contributed by atoms with Crippen LogP contribution in [0.1, 0.15) is 128 Å². The molecule has 15 nitrogen and oxygen atoms in total. The van der Waals surface area contributed by atoms with E-state index in [0.29, 0.717) is 30.6 Å². The summed E-state index contributed by atoms with van der Waals surface area (Å²) in [7, 11) is 1.32. The normalized spacial score (nSPS) is 31.1. The molecule has 0 bridgehead atoms. The van der Waals surface area contributed by atoms with Crippen LogP contribution in [0, 0.1) is 40.4 Å². The highest BCUT2D eigenvalue weighted by Crippen LogP contribution is 2.69. The molecule has 338 valence electrons. The van der Waals surface area contributed by atoms with Gasteiger partial charge in [-0.3, -0.25) is 19.2 Å². The Kier molecular flexibility index (Phi) is 16.3. The second kappa shape index (κ2) is 20.6. The fraction of sp³-hybridized carbons (Fsp3) is 0.778. The molecular formula is C45H72N4O11. The second-order valence-corrected chi connectivity index (χ2v) is 18.7. The third-order valence-electron chi connectivity index (χ3n) is 15.0. The lowest BCUT2D eigenvalue weighted by atomic mass is 9.43. The average molecular weight is 845 g/mol. The monoisotopic (exact) mass is 845 g/mol. The molecule has 1 aromatic carbocycles. The molecule has 0 saturated heterocycles. The van der Waals surface area contributed by atoms with Crippen LogP contribution in [-0.4, -0.2) is 103 Å². The first-order chi connectivity index (χ1) is 28.5. The highest BCUT2D eigenvalue weighted by Gasteiger charge is 2.64. The van der Waals surface area contributed by atoms with Crippen molar-refractivity contribution in [1.82, 2.24) is 5.32 Å². The Morgan fingerprint density at radius 3 is 2.37 bits per heavy atom. The van der Waals surface area contributed by atoms with Crippen molar-refractivity contribution in [1.29, 1.82) is 0 Å². The van der Waals surface area contributed by atoms with Crippen molar-refractivity contribution in [3.8, 4) is 11.5 Å². The molecule has 4 fully saturated rings. The number of rotatable bonds is 21. The second-order valence-electron chi connectivity index (χ2n) is 18.7. The molecule has 9 N–H and O–H groups in total. The molecule has 1 aromatic rings. The van der Waals surface area contributed by atoms with Crippen molar-refractivity contribution in [2.24, 2.45) is 51.9 Å². The van der Waals surface area contributed by atoms with Crippen molar-refractivity contribution in [2.75, 3.05) is 45.4 Å². The minimum Gasteiger partial charge on any atom is -0.505 e. The molecule has 4 saturated carbocycles. The molecule has 0 heterocycles. The Morgan fingerprint density at radius 2 is 1.65 bits per heavy atom. The number of fused-ring (bicyclic) bond motifs is 5. The Bertz CT molecular complexity index is 1660. The zero-order valence-electron chi connectivity index (χ0n) is 36.5. The number of hydrogen-bond donors (Lipinski definition) is 7. The maximum Gasteiger partial charge on any atom is 0.323 e. The maximum atomic E-state index is 13.1. The number of unbranched alkanes of at least 4 members (excludes halogenated alkanes) is 3. The van der Waals surface area contributed by atoms with Crippen LogP contribution in [0.5, 0.6) is 11.5 Å². The lowest BCUT2D eigenvalue weighted by Crippen LogP contribution is -2.59. The van der Waals surface area contributed by atoms with Crippen LogP contribution in [0.2, 0.25) is 0 Å². The molecule has 11 atom stereocenters. The summed E-state index contributed by atoms with van der Waals surface area (Å²) in [4.78, 5) is 49.5. The number of methoxy groups -OCH3 is 1. The van der Waals surface area contributed by atoms with Crippen molar-refractivity contribution in [3.63, 3.8) is 0 Å². The summed E-state index contributed by atoms with van der Waals surface area (Å²) in [5.74, 6) is -1.28. The van der Waals surface area contributed by atoms with Crippen LogP contribution in [0.3, 0.4) is 0 Å². The van der Waals surface area contributed by atoms with Crippen molar-refractivity contribution in [3.05, 3.63) is 17.7 Å². The molecule has 11 unspecified atom stereocenters. The van der Waals surface area contributed by atoms with Crippen LogP contribution in [0.15, 0.2) is 12.1 Å². The average Bonchev–Trinajstić information content (AvgIpc) is 3.57. The van der Waals surface area contributed by atoms with Crippen molar-refractivity contribution < 1.29 is 53.4 Å². The zero-order chi connectivity index (χ0) is 43.8. The topological polar surface area (TPSA) is 242 Å². The number of aliphatic hydroxyl groups is 2. The van der Waals surface area contributed by atoms with Crippen molar-refractivity contribution >= 4 is 29.4 Å². The van der Waals surface area contributed by atoms with Gasteiger partial charge in [0.25, 0.3) is 5.91 Å². The zero-order valence-corrected chi connectivity index (χ0v) is 36.5. The van der Waals surface area contributed by atoms with Gasteiger partial charge in [0.15, 0.2) is 5.75 Å². The lowest BCUT2D eigenvalue weighted by molar-refractivity contribution is -0.188. The summed E-state index contributed by atoms with van der Waals surface area (Å²) in [5, 5.41) is 39.0. The number of phenols is 1. The summed E-state index contributed by atoms with van der Waals surface area (Å²) >= 11 is 0. The number of benzene rings is 1. The smallest absolute Gasteiger partial charge is 0.323 e. The van der Waals surface area contributed by atoms with Gasteiger partial charge in [-0.25, -0.2) is 0 Å². The predicted molar refractivity (Wildman–Crippen MR) is 225 cm³/mol. The van der Waals surface area contributed by atoms with Gasteiger partial charge < -0.3 is 56.4 Å². The Morgan fingerprint density at radius 1 is 0.933 bits per heavy atom. The molecule has 0 aliphatic heterocycles. The largest absolute Gasteiger partial charge is 0.505 e. The molecular weight excluding hydrogens is 773 g/mol. The molecule has 15 heteroatoms. The van der Waals surface area contributed by atoms with Gasteiger partial charge in [0.05, 0.1) is 50.7 Å². The molecule has 0 spiro atoms. The highest BCUT2D eigenvalue weighted by molar-refractivity contribution is 6.02. The van der Waals surface area contributed by atoms with E-state index in [1.54, 1.807) is 0 Å². The standard InChI is InChI=1S/C45H72N4O11/c1-6-7-8-9-16-45(4,56)36-13-10-29-28-24-34(50)31-23-27(14-17-43(31,2)30(28)15-18-44(29,36)3)60-42(55)32(46)25-37(51)48-19-20-58-21-22-59-26-38(52)49-33-11-12-35(57-5)39(40(33)53)41(47)54/h11-12,27-32,34,36,50,53,56H,6-10,13-26,46H2,1-5H3,(H2,47,54)(H,48,51)(H,49,52). The van der Waals surface area contributed by atoms with Crippen molar-refractivity contribution in [2.45, 2.75) is 141 Å². The number of aromatic hydroxyl groups is 1. The number of carbonyl (C=O) groups is 4. The van der Waals surface area contributed by atoms with E-state index in [2.05, 4.69) is 38.3 Å². The number of nitrogens with one attached hydrogen (secondary N) is 2. The summed E-state index contributed by atoms with van der Waals surface area (Å²) in [6, 6.07) is 1.63. The first-order valence-corrected chi connectivity index (χ1v) is 22.2. The quantitative estimate of drug-likeness (QED) is 0.0512. The van der Waals surface area contributed by atoms with Gasteiger partial charge in [-0.05, 0) is 117 Å². The molecule has 0 aromatic heterocycles. The van der Waals surface area contributed by atoms with Crippen LogP contribution >= 0.6 is 0 Å². The highest BCUT2D eigenvalue weighted by atomic mass is 16.5. The van der Waals surface area contributed by atoms with Gasteiger partial charge in [0.1, 0.15) is 30.1 Å². The van der Waals surface area contributed by atoms with Gasteiger partial charge in [-0.15, -0.1) is 0 Å². The minimum atomic E-state index is -1.13. The van der Waals surface area contributed by atoms with E-state index in [1.165, 1.54) is 38.5 Å². The first kappa shape index (κ1) is 47.5. The molecule has 3 amide bonds. The van der Waals surface area contributed by atoms with Crippen LogP contribution < -0.4 is 26.8 Å². The van der Waals surface area contributed by atoms with E-state index >= 15 is 0 Å². The number of amides is 3. The van der Waals surface area contributed by atoms with Gasteiger partial charge >= 0.3 is 5.97 Å². The van der Waals surface area contributed by atoms with Crippen LogP contribution in [0.25, 0.3) is 0 Å². The first-order valence-electron chi connectivity index (χ1n) is 22.2. The number of primary amides is 1. The summed E-state index contributed by atoms with van der Waals surface area (Å²) in [5.41, 5.74) is 10.5. The fourth-order valence-corrected chi connectivity index (χ4v) is 12.0. The van der Waals surface area contributed by atoms with E-state index in [9.17, 15) is 34.5 Å².